The number of aliphatic carboxylic acids is 1. The standard InChI is InChI=1S/C10H10O4/c1-6-5-8(7(2)14-6)9(11)3-4-10(12)13/h3-5H,1-2H3,(H,12,13)/b4-3+. The van der Waals surface area contributed by atoms with Crippen LogP contribution in [0.3, 0.4) is 0 Å². The summed E-state index contributed by atoms with van der Waals surface area (Å²) in [4.78, 5) is 21.5. The largest absolute Gasteiger partial charge is 0.478 e. The molecular weight excluding hydrogens is 184 g/mol. The van der Waals surface area contributed by atoms with E-state index in [0.717, 1.165) is 12.2 Å². The van der Waals surface area contributed by atoms with E-state index in [2.05, 4.69) is 0 Å². The van der Waals surface area contributed by atoms with Gasteiger partial charge in [-0.25, -0.2) is 4.79 Å². The van der Waals surface area contributed by atoms with Gasteiger partial charge in [0.05, 0.1) is 5.56 Å². The molecule has 4 heteroatoms. The first kappa shape index (κ1) is 10.2. The summed E-state index contributed by atoms with van der Waals surface area (Å²) in [5.74, 6) is -0.366. The quantitative estimate of drug-likeness (QED) is 0.587. The van der Waals surface area contributed by atoms with Gasteiger partial charge in [-0.2, -0.15) is 0 Å². The van der Waals surface area contributed by atoms with Gasteiger partial charge < -0.3 is 9.52 Å². The van der Waals surface area contributed by atoms with Crippen LogP contribution in [0.2, 0.25) is 0 Å². The number of furan rings is 1. The Morgan fingerprint density at radius 1 is 1.36 bits per heavy atom. The Hall–Kier alpha value is -1.84. The summed E-state index contributed by atoms with van der Waals surface area (Å²) in [6, 6.07) is 1.59. The SMILES string of the molecule is Cc1cc(C(=O)/C=C/C(=O)O)c(C)o1. The highest BCUT2D eigenvalue weighted by atomic mass is 16.4. The van der Waals surface area contributed by atoms with Crippen LogP contribution in [0.25, 0.3) is 0 Å². The fourth-order valence-corrected chi connectivity index (χ4v) is 1.11. The van der Waals surface area contributed by atoms with Crippen LogP contribution < -0.4 is 0 Å². The summed E-state index contributed by atoms with van der Waals surface area (Å²) in [6.07, 6.45) is 1.82. The number of hydrogen-bond acceptors (Lipinski definition) is 3. The maximum Gasteiger partial charge on any atom is 0.328 e. The van der Waals surface area contributed by atoms with Gasteiger partial charge in [0.25, 0.3) is 0 Å². The fourth-order valence-electron chi connectivity index (χ4n) is 1.11. The molecule has 0 radical (unpaired) electrons. The smallest absolute Gasteiger partial charge is 0.328 e. The van der Waals surface area contributed by atoms with Gasteiger partial charge in [0.1, 0.15) is 11.5 Å². The summed E-state index contributed by atoms with van der Waals surface area (Å²) in [7, 11) is 0. The summed E-state index contributed by atoms with van der Waals surface area (Å²) in [6.45, 7) is 3.39. The third kappa shape index (κ3) is 2.32. The second kappa shape index (κ2) is 3.91. The Labute approximate surface area is 80.8 Å². The molecular formula is C10H10O4. The van der Waals surface area contributed by atoms with Crippen LogP contribution >= 0.6 is 0 Å². The zero-order valence-electron chi connectivity index (χ0n) is 7.90. The molecule has 0 aliphatic carbocycles. The monoisotopic (exact) mass is 194 g/mol. The van der Waals surface area contributed by atoms with Crippen LogP contribution in [0, 0.1) is 13.8 Å². The number of aryl methyl sites for hydroxylation is 2. The van der Waals surface area contributed by atoms with Gasteiger partial charge in [0, 0.05) is 6.08 Å². The van der Waals surface area contributed by atoms with E-state index in [0.29, 0.717) is 17.1 Å². The average molecular weight is 194 g/mol. The van der Waals surface area contributed by atoms with Crippen molar-refractivity contribution in [3.63, 3.8) is 0 Å². The molecule has 1 aromatic heterocycles. The van der Waals surface area contributed by atoms with Crippen LogP contribution in [0.4, 0.5) is 0 Å². The molecule has 0 aliphatic heterocycles. The van der Waals surface area contributed by atoms with Crippen molar-refractivity contribution >= 4 is 11.8 Å². The van der Waals surface area contributed by atoms with E-state index in [1.54, 1.807) is 19.9 Å². The number of carboxylic acids is 1. The topological polar surface area (TPSA) is 67.5 Å². The molecule has 14 heavy (non-hydrogen) atoms. The number of rotatable bonds is 3. The number of carboxylic acid groups (broad SMARTS) is 1. The van der Waals surface area contributed by atoms with Crippen LogP contribution in [0.5, 0.6) is 0 Å². The number of hydrogen-bond donors (Lipinski definition) is 1. The molecule has 0 atom stereocenters. The van der Waals surface area contributed by atoms with Crippen LogP contribution in [-0.2, 0) is 4.79 Å². The van der Waals surface area contributed by atoms with E-state index in [1.165, 1.54) is 0 Å². The first-order valence-corrected chi connectivity index (χ1v) is 4.03. The minimum absolute atomic E-state index is 0.359. The summed E-state index contributed by atoms with van der Waals surface area (Å²) in [5, 5.41) is 8.32. The van der Waals surface area contributed by atoms with Gasteiger partial charge in [0.15, 0.2) is 5.78 Å². The van der Waals surface area contributed by atoms with E-state index in [1.807, 2.05) is 0 Å². The lowest BCUT2D eigenvalue weighted by Gasteiger charge is -1.89. The Balaban J connectivity index is 2.90. The number of ketones is 1. The van der Waals surface area contributed by atoms with Crippen LogP contribution in [0.15, 0.2) is 22.6 Å². The maximum absolute atomic E-state index is 11.4. The first-order chi connectivity index (χ1) is 6.50. The number of allylic oxidation sites excluding steroid dienone is 1. The lowest BCUT2D eigenvalue weighted by molar-refractivity contribution is -0.131. The van der Waals surface area contributed by atoms with Crippen molar-refractivity contribution in [2.45, 2.75) is 13.8 Å². The van der Waals surface area contributed by atoms with Crippen molar-refractivity contribution in [3.05, 3.63) is 35.3 Å². The van der Waals surface area contributed by atoms with E-state index in [-0.39, 0.29) is 5.78 Å². The zero-order chi connectivity index (χ0) is 10.7. The number of carbonyl (C=O) groups excluding carboxylic acids is 1. The maximum atomic E-state index is 11.4. The van der Waals surface area contributed by atoms with Gasteiger partial charge in [-0.3, -0.25) is 4.79 Å². The molecule has 0 unspecified atom stereocenters. The molecule has 0 saturated heterocycles. The Kier molecular flexibility index (Phi) is 2.86. The van der Waals surface area contributed by atoms with E-state index in [9.17, 15) is 9.59 Å². The zero-order valence-corrected chi connectivity index (χ0v) is 7.90. The Morgan fingerprint density at radius 3 is 2.43 bits per heavy atom. The molecule has 0 spiro atoms. The molecule has 0 aliphatic rings. The second-order valence-corrected chi connectivity index (χ2v) is 2.86. The van der Waals surface area contributed by atoms with Crippen molar-refractivity contribution in [1.29, 1.82) is 0 Å². The van der Waals surface area contributed by atoms with Crippen molar-refractivity contribution < 1.29 is 19.1 Å². The van der Waals surface area contributed by atoms with E-state index < -0.39 is 5.97 Å². The average Bonchev–Trinajstić information content (AvgIpc) is 2.41. The third-order valence-corrected chi connectivity index (χ3v) is 1.68. The highest BCUT2D eigenvalue weighted by molar-refractivity contribution is 6.07. The molecule has 1 heterocycles. The van der Waals surface area contributed by atoms with Gasteiger partial charge in [-0.05, 0) is 26.0 Å². The van der Waals surface area contributed by atoms with E-state index >= 15 is 0 Å². The lowest BCUT2D eigenvalue weighted by Crippen LogP contribution is -1.96. The molecule has 0 amide bonds. The normalized spacial score (nSPS) is 10.7. The third-order valence-electron chi connectivity index (χ3n) is 1.68. The highest BCUT2D eigenvalue weighted by Crippen LogP contribution is 2.14. The Morgan fingerprint density at radius 2 is 2.00 bits per heavy atom. The summed E-state index contributed by atoms with van der Waals surface area (Å²) < 4.78 is 5.14. The van der Waals surface area contributed by atoms with Crippen molar-refractivity contribution in [1.82, 2.24) is 0 Å². The molecule has 1 aromatic rings. The van der Waals surface area contributed by atoms with Gasteiger partial charge >= 0.3 is 5.97 Å². The molecule has 1 N–H and O–H groups in total. The number of carbonyl (C=O) groups is 2. The van der Waals surface area contributed by atoms with E-state index in [4.69, 9.17) is 9.52 Å². The highest BCUT2D eigenvalue weighted by Gasteiger charge is 2.10. The van der Waals surface area contributed by atoms with Crippen molar-refractivity contribution in [2.75, 3.05) is 0 Å². The summed E-state index contributed by atoms with van der Waals surface area (Å²) >= 11 is 0. The predicted octanol–water partition coefficient (Wildman–Crippen LogP) is 1.72. The minimum Gasteiger partial charge on any atom is -0.478 e. The molecule has 0 fully saturated rings. The van der Waals surface area contributed by atoms with Gasteiger partial charge in [-0.15, -0.1) is 0 Å². The van der Waals surface area contributed by atoms with Crippen molar-refractivity contribution in [3.8, 4) is 0 Å². The molecule has 0 bridgehead atoms. The molecule has 4 nitrogen and oxygen atoms in total. The second-order valence-electron chi connectivity index (χ2n) is 2.86. The Bertz CT molecular complexity index is 398. The van der Waals surface area contributed by atoms with Gasteiger partial charge in [-0.1, -0.05) is 0 Å². The molecule has 0 aromatic carbocycles. The van der Waals surface area contributed by atoms with Crippen LogP contribution in [-0.4, -0.2) is 16.9 Å². The fraction of sp³-hybridized carbons (Fsp3) is 0.200. The molecule has 74 valence electrons. The lowest BCUT2D eigenvalue weighted by atomic mass is 10.1. The van der Waals surface area contributed by atoms with Crippen molar-refractivity contribution in [2.24, 2.45) is 0 Å². The molecule has 0 saturated carbocycles. The van der Waals surface area contributed by atoms with Gasteiger partial charge in [0.2, 0.25) is 0 Å². The minimum atomic E-state index is -1.14. The predicted molar refractivity (Wildman–Crippen MR) is 49.3 cm³/mol. The van der Waals surface area contributed by atoms with Crippen LogP contribution in [0.1, 0.15) is 21.9 Å². The first-order valence-electron chi connectivity index (χ1n) is 4.03. The molecule has 1 rings (SSSR count). The summed E-state index contributed by atoms with van der Waals surface area (Å²) in [5.41, 5.74) is 0.403.